The van der Waals surface area contributed by atoms with Crippen molar-refractivity contribution in [2.75, 3.05) is 6.54 Å². The average molecular weight is 354 g/mol. The number of amides is 1. The van der Waals surface area contributed by atoms with E-state index in [4.69, 9.17) is 4.42 Å². The van der Waals surface area contributed by atoms with E-state index in [1.54, 1.807) is 26.0 Å². The van der Waals surface area contributed by atoms with Gasteiger partial charge in [-0.05, 0) is 38.1 Å². The molecule has 1 aromatic heterocycles. The standard InChI is InChI=1S/C16H19FN2O4S/c1-12(2)18-16(20)11-19(10-13-6-5-9-23-13)24(21,22)15-8-4-3-7-14(15)17/h3-9,12H,10-11H2,1-2H3,(H,18,20). The van der Waals surface area contributed by atoms with Crippen LogP contribution in [0.25, 0.3) is 0 Å². The van der Waals surface area contributed by atoms with Gasteiger partial charge in [0.05, 0.1) is 19.4 Å². The summed E-state index contributed by atoms with van der Waals surface area (Å²) in [6, 6.07) is 8.11. The molecule has 0 saturated heterocycles. The molecule has 0 unspecified atom stereocenters. The first-order chi connectivity index (χ1) is 11.3. The van der Waals surface area contributed by atoms with Gasteiger partial charge in [-0.2, -0.15) is 4.31 Å². The molecular weight excluding hydrogens is 335 g/mol. The lowest BCUT2D eigenvalue weighted by molar-refractivity contribution is -0.121. The first-order valence-electron chi connectivity index (χ1n) is 7.37. The number of halogens is 1. The fourth-order valence-electron chi connectivity index (χ4n) is 2.12. The number of rotatable bonds is 7. The van der Waals surface area contributed by atoms with Crippen LogP contribution in [0.2, 0.25) is 0 Å². The summed E-state index contributed by atoms with van der Waals surface area (Å²) in [6.07, 6.45) is 1.40. The zero-order chi connectivity index (χ0) is 17.7. The minimum absolute atomic E-state index is 0.140. The molecular formula is C16H19FN2O4S. The highest BCUT2D eigenvalue weighted by atomic mass is 32.2. The van der Waals surface area contributed by atoms with Crippen molar-refractivity contribution in [1.29, 1.82) is 0 Å². The zero-order valence-electron chi connectivity index (χ0n) is 13.4. The third-order valence-electron chi connectivity index (χ3n) is 3.14. The van der Waals surface area contributed by atoms with Crippen molar-refractivity contribution >= 4 is 15.9 Å². The Morgan fingerprint density at radius 2 is 1.96 bits per heavy atom. The second-order valence-corrected chi connectivity index (χ2v) is 7.41. The highest BCUT2D eigenvalue weighted by molar-refractivity contribution is 7.89. The monoisotopic (exact) mass is 354 g/mol. The van der Waals surface area contributed by atoms with Gasteiger partial charge in [0.2, 0.25) is 15.9 Å². The second kappa shape index (κ2) is 7.59. The lowest BCUT2D eigenvalue weighted by Crippen LogP contribution is -2.42. The van der Waals surface area contributed by atoms with Gasteiger partial charge >= 0.3 is 0 Å². The Hall–Kier alpha value is -2.19. The van der Waals surface area contributed by atoms with E-state index in [-0.39, 0.29) is 12.6 Å². The minimum Gasteiger partial charge on any atom is -0.468 e. The topological polar surface area (TPSA) is 79.6 Å². The molecule has 0 aliphatic heterocycles. The summed E-state index contributed by atoms with van der Waals surface area (Å²) >= 11 is 0. The van der Waals surface area contributed by atoms with Gasteiger partial charge in [0.25, 0.3) is 0 Å². The molecule has 0 fully saturated rings. The molecule has 1 amide bonds. The molecule has 0 bridgehead atoms. The summed E-state index contributed by atoms with van der Waals surface area (Å²) < 4.78 is 45.5. The smallest absolute Gasteiger partial charge is 0.246 e. The Balaban J connectivity index is 2.33. The van der Waals surface area contributed by atoms with Crippen LogP contribution in [0.15, 0.2) is 52.0 Å². The first kappa shape index (κ1) is 18.2. The van der Waals surface area contributed by atoms with Crippen molar-refractivity contribution in [3.8, 4) is 0 Å². The van der Waals surface area contributed by atoms with Gasteiger partial charge in [-0.1, -0.05) is 12.1 Å². The zero-order valence-corrected chi connectivity index (χ0v) is 14.2. The molecule has 0 atom stereocenters. The number of hydrogen-bond donors (Lipinski definition) is 1. The van der Waals surface area contributed by atoms with Gasteiger partial charge in [-0.15, -0.1) is 0 Å². The lowest BCUT2D eigenvalue weighted by atomic mass is 10.3. The van der Waals surface area contributed by atoms with Crippen LogP contribution in [0.4, 0.5) is 4.39 Å². The van der Waals surface area contributed by atoms with E-state index in [9.17, 15) is 17.6 Å². The third kappa shape index (κ3) is 4.42. The van der Waals surface area contributed by atoms with Crippen LogP contribution in [-0.2, 0) is 21.4 Å². The molecule has 6 nitrogen and oxygen atoms in total. The molecule has 2 rings (SSSR count). The van der Waals surface area contributed by atoms with Gasteiger partial charge in [0, 0.05) is 6.04 Å². The predicted molar refractivity (Wildman–Crippen MR) is 86.0 cm³/mol. The molecule has 1 aromatic carbocycles. The van der Waals surface area contributed by atoms with Crippen molar-refractivity contribution in [2.45, 2.75) is 31.3 Å². The summed E-state index contributed by atoms with van der Waals surface area (Å²) in [5.74, 6) is -0.991. The molecule has 0 spiro atoms. The third-order valence-corrected chi connectivity index (χ3v) is 4.96. The summed E-state index contributed by atoms with van der Waals surface area (Å²) in [6.45, 7) is 2.92. The Labute approximate surface area is 140 Å². The van der Waals surface area contributed by atoms with E-state index in [1.165, 1.54) is 24.5 Å². The number of nitrogens with one attached hydrogen (secondary N) is 1. The van der Waals surface area contributed by atoms with Crippen molar-refractivity contribution in [3.05, 3.63) is 54.2 Å². The van der Waals surface area contributed by atoms with Crippen LogP contribution in [0.3, 0.4) is 0 Å². The Morgan fingerprint density at radius 3 is 2.54 bits per heavy atom. The SMILES string of the molecule is CC(C)NC(=O)CN(Cc1ccco1)S(=O)(=O)c1ccccc1F. The second-order valence-electron chi connectivity index (χ2n) is 5.51. The van der Waals surface area contributed by atoms with Gasteiger partial charge in [-0.25, -0.2) is 12.8 Å². The van der Waals surface area contributed by atoms with Crippen LogP contribution in [0, 0.1) is 5.82 Å². The molecule has 0 radical (unpaired) electrons. The van der Waals surface area contributed by atoms with Crippen molar-refractivity contribution in [1.82, 2.24) is 9.62 Å². The molecule has 0 aliphatic rings. The summed E-state index contributed by atoms with van der Waals surface area (Å²) in [5, 5.41) is 2.62. The normalized spacial score (nSPS) is 11.9. The average Bonchev–Trinajstić information content (AvgIpc) is 2.99. The van der Waals surface area contributed by atoms with Gasteiger partial charge in [0.1, 0.15) is 16.5 Å². The van der Waals surface area contributed by atoms with Crippen LogP contribution in [0.5, 0.6) is 0 Å². The number of hydrogen-bond acceptors (Lipinski definition) is 4. The number of carbonyl (C=O) groups is 1. The predicted octanol–water partition coefficient (Wildman–Crippen LogP) is 2.13. The molecule has 0 saturated carbocycles. The highest BCUT2D eigenvalue weighted by Crippen LogP contribution is 2.21. The van der Waals surface area contributed by atoms with Crippen LogP contribution in [0.1, 0.15) is 19.6 Å². The van der Waals surface area contributed by atoms with Crippen molar-refractivity contribution < 1.29 is 22.0 Å². The fourth-order valence-corrected chi connectivity index (χ4v) is 3.55. The molecule has 130 valence electrons. The molecule has 2 aromatic rings. The van der Waals surface area contributed by atoms with Gasteiger partial charge in [0.15, 0.2) is 0 Å². The van der Waals surface area contributed by atoms with Crippen LogP contribution >= 0.6 is 0 Å². The Kier molecular flexibility index (Phi) is 5.74. The summed E-state index contributed by atoms with van der Waals surface area (Å²) in [5.41, 5.74) is 0. The Bertz CT molecular complexity index is 788. The maximum absolute atomic E-state index is 13.9. The molecule has 8 heteroatoms. The van der Waals surface area contributed by atoms with Crippen LogP contribution in [-0.4, -0.2) is 31.2 Å². The van der Waals surface area contributed by atoms with Gasteiger partial charge < -0.3 is 9.73 Å². The van der Waals surface area contributed by atoms with E-state index in [2.05, 4.69) is 5.32 Å². The number of carbonyl (C=O) groups excluding carboxylic acids is 1. The number of sulfonamides is 1. The van der Waals surface area contributed by atoms with E-state index < -0.39 is 33.2 Å². The summed E-state index contributed by atoms with van der Waals surface area (Å²) in [7, 11) is -4.20. The van der Waals surface area contributed by atoms with Crippen molar-refractivity contribution in [2.24, 2.45) is 0 Å². The Morgan fingerprint density at radius 1 is 1.25 bits per heavy atom. The minimum atomic E-state index is -4.20. The number of nitrogens with zero attached hydrogens (tertiary/aromatic N) is 1. The first-order valence-corrected chi connectivity index (χ1v) is 8.81. The maximum atomic E-state index is 13.9. The number of furan rings is 1. The molecule has 24 heavy (non-hydrogen) atoms. The highest BCUT2D eigenvalue weighted by Gasteiger charge is 2.30. The van der Waals surface area contributed by atoms with Crippen molar-refractivity contribution in [3.63, 3.8) is 0 Å². The van der Waals surface area contributed by atoms with E-state index in [0.29, 0.717) is 5.76 Å². The summed E-state index contributed by atoms with van der Waals surface area (Å²) in [4.78, 5) is 11.5. The van der Waals surface area contributed by atoms with E-state index in [1.807, 2.05) is 0 Å². The molecule has 0 aliphatic carbocycles. The van der Waals surface area contributed by atoms with Crippen LogP contribution < -0.4 is 5.32 Å². The van der Waals surface area contributed by atoms with Gasteiger partial charge in [-0.3, -0.25) is 4.79 Å². The number of benzene rings is 1. The fraction of sp³-hybridized carbons (Fsp3) is 0.312. The molecule has 1 heterocycles. The lowest BCUT2D eigenvalue weighted by Gasteiger charge is -2.21. The quantitative estimate of drug-likeness (QED) is 0.826. The largest absolute Gasteiger partial charge is 0.468 e. The van der Waals surface area contributed by atoms with E-state index >= 15 is 0 Å². The molecule has 1 N–H and O–H groups in total. The maximum Gasteiger partial charge on any atom is 0.246 e. The van der Waals surface area contributed by atoms with E-state index in [0.717, 1.165) is 10.4 Å².